The third kappa shape index (κ3) is 2.75. The van der Waals surface area contributed by atoms with Crippen molar-refractivity contribution < 1.29 is 4.74 Å². The Morgan fingerprint density at radius 2 is 2.07 bits per heavy atom. The SMILES string of the molecule is CNC(C1=CCCCO1)C1CCCCC1. The maximum absolute atomic E-state index is 5.78. The van der Waals surface area contributed by atoms with E-state index in [0.717, 1.165) is 12.5 Å². The zero-order valence-electron chi connectivity index (χ0n) is 9.80. The van der Waals surface area contributed by atoms with Gasteiger partial charge in [-0.15, -0.1) is 0 Å². The van der Waals surface area contributed by atoms with Crippen LogP contribution in [0.25, 0.3) is 0 Å². The van der Waals surface area contributed by atoms with E-state index < -0.39 is 0 Å². The number of likely N-dealkylation sites (N-methyl/N-ethyl adjacent to an activating group) is 1. The number of hydrogen-bond donors (Lipinski definition) is 1. The van der Waals surface area contributed by atoms with Crippen molar-refractivity contribution in [1.82, 2.24) is 5.32 Å². The zero-order chi connectivity index (χ0) is 10.5. The van der Waals surface area contributed by atoms with E-state index in [9.17, 15) is 0 Å². The van der Waals surface area contributed by atoms with Crippen LogP contribution < -0.4 is 5.32 Å². The van der Waals surface area contributed by atoms with E-state index in [1.54, 1.807) is 0 Å². The standard InChI is InChI=1S/C13H23NO/c1-14-13(11-7-3-2-4-8-11)12-9-5-6-10-15-12/h9,11,13-14H,2-8,10H2,1H3. The van der Waals surface area contributed by atoms with Gasteiger partial charge in [0.05, 0.1) is 12.6 Å². The van der Waals surface area contributed by atoms with Gasteiger partial charge in [-0.2, -0.15) is 0 Å². The summed E-state index contributed by atoms with van der Waals surface area (Å²) >= 11 is 0. The molecule has 15 heavy (non-hydrogen) atoms. The van der Waals surface area contributed by atoms with E-state index >= 15 is 0 Å². The Labute approximate surface area is 93.1 Å². The van der Waals surface area contributed by atoms with Crippen molar-refractivity contribution >= 4 is 0 Å². The van der Waals surface area contributed by atoms with Crippen molar-refractivity contribution in [3.63, 3.8) is 0 Å². The first kappa shape index (κ1) is 11.0. The minimum absolute atomic E-state index is 0.477. The van der Waals surface area contributed by atoms with Gasteiger partial charge in [-0.25, -0.2) is 0 Å². The molecule has 1 aliphatic heterocycles. The van der Waals surface area contributed by atoms with Crippen molar-refractivity contribution in [3.05, 3.63) is 11.8 Å². The minimum Gasteiger partial charge on any atom is -0.497 e. The van der Waals surface area contributed by atoms with Gasteiger partial charge in [0.15, 0.2) is 0 Å². The Balaban J connectivity index is 1.98. The summed E-state index contributed by atoms with van der Waals surface area (Å²) in [5.41, 5.74) is 0. The van der Waals surface area contributed by atoms with Gasteiger partial charge in [-0.05, 0) is 44.7 Å². The van der Waals surface area contributed by atoms with E-state index in [2.05, 4.69) is 18.4 Å². The molecule has 0 radical (unpaired) electrons. The second kappa shape index (κ2) is 5.55. The van der Waals surface area contributed by atoms with Crippen LogP contribution in [-0.2, 0) is 4.74 Å². The first-order valence-corrected chi connectivity index (χ1v) is 6.42. The van der Waals surface area contributed by atoms with Crippen LogP contribution in [0.15, 0.2) is 11.8 Å². The Morgan fingerprint density at radius 1 is 1.27 bits per heavy atom. The number of nitrogens with one attached hydrogen (secondary N) is 1. The summed E-state index contributed by atoms with van der Waals surface area (Å²) in [5.74, 6) is 2.02. The van der Waals surface area contributed by atoms with Gasteiger partial charge in [-0.1, -0.05) is 19.3 Å². The molecule has 2 heteroatoms. The summed E-state index contributed by atoms with van der Waals surface area (Å²) in [6.45, 7) is 0.913. The second-order valence-corrected chi connectivity index (χ2v) is 4.76. The van der Waals surface area contributed by atoms with Gasteiger partial charge in [-0.3, -0.25) is 0 Å². The zero-order valence-corrected chi connectivity index (χ0v) is 9.80. The Morgan fingerprint density at radius 3 is 2.67 bits per heavy atom. The van der Waals surface area contributed by atoms with Crippen LogP contribution in [0.4, 0.5) is 0 Å². The number of ether oxygens (including phenoxy) is 1. The van der Waals surface area contributed by atoms with Gasteiger partial charge >= 0.3 is 0 Å². The van der Waals surface area contributed by atoms with E-state index in [1.165, 1.54) is 50.7 Å². The quantitative estimate of drug-likeness (QED) is 0.771. The minimum atomic E-state index is 0.477. The fourth-order valence-electron chi connectivity index (χ4n) is 2.87. The Hall–Kier alpha value is -0.500. The highest BCUT2D eigenvalue weighted by molar-refractivity contribution is 5.07. The number of allylic oxidation sites excluding steroid dienone is 1. The van der Waals surface area contributed by atoms with Crippen LogP contribution in [0.1, 0.15) is 44.9 Å². The van der Waals surface area contributed by atoms with Crippen molar-refractivity contribution in [2.24, 2.45) is 5.92 Å². The third-order valence-corrected chi connectivity index (χ3v) is 3.70. The normalized spacial score (nSPS) is 25.5. The summed E-state index contributed by atoms with van der Waals surface area (Å²) in [6.07, 6.45) is 11.6. The summed E-state index contributed by atoms with van der Waals surface area (Å²) in [7, 11) is 2.07. The molecule has 2 rings (SSSR count). The highest BCUT2D eigenvalue weighted by atomic mass is 16.5. The predicted octanol–water partition coefficient (Wildman–Crippen LogP) is 2.85. The van der Waals surface area contributed by atoms with Crippen LogP contribution in [0.3, 0.4) is 0 Å². The number of rotatable bonds is 3. The molecule has 1 heterocycles. The molecule has 1 N–H and O–H groups in total. The molecule has 1 fully saturated rings. The molecular weight excluding hydrogens is 186 g/mol. The van der Waals surface area contributed by atoms with Gasteiger partial charge < -0.3 is 10.1 Å². The fraction of sp³-hybridized carbons (Fsp3) is 0.846. The molecule has 0 amide bonds. The number of hydrogen-bond acceptors (Lipinski definition) is 2. The molecule has 86 valence electrons. The van der Waals surface area contributed by atoms with Crippen LogP contribution in [0.5, 0.6) is 0 Å². The molecule has 2 aliphatic rings. The van der Waals surface area contributed by atoms with Gasteiger partial charge in [0.2, 0.25) is 0 Å². The largest absolute Gasteiger partial charge is 0.497 e. The second-order valence-electron chi connectivity index (χ2n) is 4.76. The molecule has 0 aromatic rings. The third-order valence-electron chi connectivity index (χ3n) is 3.70. The molecule has 1 unspecified atom stereocenters. The van der Waals surface area contributed by atoms with Crippen LogP contribution >= 0.6 is 0 Å². The molecule has 1 saturated carbocycles. The Bertz CT molecular complexity index is 219. The van der Waals surface area contributed by atoms with Crippen molar-refractivity contribution in [2.75, 3.05) is 13.7 Å². The first-order valence-electron chi connectivity index (χ1n) is 6.42. The fourth-order valence-corrected chi connectivity index (χ4v) is 2.87. The van der Waals surface area contributed by atoms with E-state index in [0.29, 0.717) is 6.04 Å². The lowest BCUT2D eigenvalue weighted by molar-refractivity contribution is 0.142. The Kier molecular flexibility index (Phi) is 4.07. The maximum Gasteiger partial charge on any atom is 0.109 e. The molecule has 1 atom stereocenters. The molecule has 0 aromatic carbocycles. The lowest BCUT2D eigenvalue weighted by Crippen LogP contribution is -2.38. The summed E-state index contributed by atoms with van der Waals surface area (Å²) in [4.78, 5) is 0. The first-order chi connectivity index (χ1) is 7.42. The maximum atomic E-state index is 5.78. The van der Waals surface area contributed by atoms with Crippen LogP contribution in [-0.4, -0.2) is 19.7 Å². The van der Waals surface area contributed by atoms with Crippen molar-refractivity contribution in [1.29, 1.82) is 0 Å². The summed E-state index contributed by atoms with van der Waals surface area (Å²) < 4.78 is 5.78. The molecule has 0 aromatic heterocycles. The van der Waals surface area contributed by atoms with Crippen LogP contribution in [0.2, 0.25) is 0 Å². The summed E-state index contributed by atoms with van der Waals surface area (Å²) in [5, 5.41) is 3.45. The molecule has 0 spiro atoms. The lowest BCUT2D eigenvalue weighted by atomic mass is 9.83. The topological polar surface area (TPSA) is 21.3 Å². The smallest absolute Gasteiger partial charge is 0.109 e. The van der Waals surface area contributed by atoms with Crippen LogP contribution in [0, 0.1) is 5.92 Å². The lowest BCUT2D eigenvalue weighted by Gasteiger charge is -2.32. The van der Waals surface area contributed by atoms with E-state index in [1.807, 2.05) is 0 Å². The predicted molar refractivity (Wildman–Crippen MR) is 62.7 cm³/mol. The molecular formula is C13H23NO. The van der Waals surface area contributed by atoms with Gasteiger partial charge in [0.1, 0.15) is 5.76 Å². The van der Waals surface area contributed by atoms with E-state index in [-0.39, 0.29) is 0 Å². The van der Waals surface area contributed by atoms with Crippen molar-refractivity contribution in [3.8, 4) is 0 Å². The highest BCUT2D eigenvalue weighted by Gasteiger charge is 2.27. The van der Waals surface area contributed by atoms with Gasteiger partial charge in [0, 0.05) is 0 Å². The summed E-state index contributed by atoms with van der Waals surface area (Å²) in [6, 6.07) is 0.477. The molecule has 1 aliphatic carbocycles. The molecule has 2 nitrogen and oxygen atoms in total. The monoisotopic (exact) mass is 209 g/mol. The molecule has 0 saturated heterocycles. The average molecular weight is 209 g/mol. The molecule has 0 bridgehead atoms. The van der Waals surface area contributed by atoms with Crippen molar-refractivity contribution in [2.45, 2.75) is 51.0 Å². The average Bonchev–Trinajstić information content (AvgIpc) is 2.33. The highest BCUT2D eigenvalue weighted by Crippen LogP contribution is 2.30. The van der Waals surface area contributed by atoms with E-state index in [4.69, 9.17) is 4.74 Å². The van der Waals surface area contributed by atoms with Gasteiger partial charge in [0.25, 0.3) is 0 Å².